The molecule has 8 nitrogen and oxygen atoms in total. The first-order chi connectivity index (χ1) is 16.0. The zero-order valence-electron chi connectivity index (χ0n) is 18.4. The molecule has 1 unspecified atom stereocenters. The van der Waals surface area contributed by atoms with Gasteiger partial charge < -0.3 is 16.0 Å². The highest BCUT2D eigenvalue weighted by molar-refractivity contribution is 5.79. The quantitative estimate of drug-likeness (QED) is 0.353. The lowest BCUT2D eigenvalue weighted by Crippen LogP contribution is -2.37. The molecule has 8 heteroatoms. The summed E-state index contributed by atoms with van der Waals surface area (Å²) in [5.74, 6) is 1.07. The lowest BCUT2D eigenvalue weighted by atomic mass is 9.81. The van der Waals surface area contributed by atoms with Gasteiger partial charge in [0.05, 0.1) is 16.7 Å². The number of nitro benzene ring substituents is 1. The van der Waals surface area contributed by atoms with Gasteiger partial charge in [0.25, 0.3) is 5.69 Å². The van der Waals surface area contributed by atoms with E-state index in [1.807, 2.05) is 42.6 Å². The number of nitrogens with one attached hydrogen (secondary N) is 2. The number of hydrogen-bond acceptors (Lipinski definition) is 5. The largest absolute Gasteiger partial charge is 0.346 e. The van der Waals surface area contributed by atoms with Crippen molar-refractivity contribution in [2.75, 3.05) is 6.54 Å². The van der Waals surface area contributed by atoms with Crippen molar-refractivity contribution in [1.82, 2.24) is 15.3 Å². The molecule has 4 N–H and O–H groups in total. The second-order valence-corrected chi connectivity index (χ2v) is 8.68. The monoisotopic (exact) mass is 447 g/mol. The lowest BCUT2D eigenvalue weighted by molar-refractivity contribution is -0.384. The molecule has 1 aliphatic rings. The summed E-state index contributed by atoms with van der Waals surface area (Å²) < 4.78 is 0. The first-order valence-corrected chi connectivity index (χ1v) is 11.4. The number of carbonyl (C=O) groups is 1. The molecular formula is C25H29N5O3. The van der Waals surface area contributed by atoms with Gasteiger partial charge in [-0.05, 0) is 43.7 Å². The fourth-order valence-corrected chi connectivity index (χ4v) is 4.47. The lowest BCUT2D eigenvalue weighted by Gasteiger charge is -2.28. The molecular weight excluding hydrogens is 418 g/mol. The molecule has 4 rings (SSSR count). The second-order valence-electron chi connectivity index (χ2n) is 8.68. The Bertz CT molecular complexity index is 1090. The van der Waals surface area contributed by atoms with Crippen molar-refractivity contribution < 1.29 is 9.72 Å². The molecule has 1 saturated carbocycles. The van der Waals surface area contributed by atoms with Crippen LogP contribution < -0.4 is 11.1 Å². The zero-order valence-corrected chi connectivity index (χ0v) is 18.4. The van der Waals surface area contributed by atoms with E-state index in [4.69, 9.17) is 10.7 Å². The van der Waals surface area contributed by atoms with Gasteiger partial charge in [0, 0.05) is 36.2 Å². The SMILES string of the molecule is NC[C@H]1CC[C@H](C(=O)NC(Cc2cccc([N+](=O)[O-])c2)c2nc(-c3ccccc3)c[nH]2)CC1. The van der Waals surface area contributed by atoms with E-state index in [9.17, 15) is 14.9 Å². The van der Waals surface area contributed by atoms with Gasteiger partial charge in [-0.25, -0.2) is 4.98 Å². The highest BCUT2D eigenvalue weighted by Crippen LogP contribution is 2.29. The summed E-state index contributed by atoms with van der Waals surface area (Å²) in [6, 6.07) is 15.9. The number of rotatable bonds is 8. The standard InChI is InChI=1S/C25H29N5O3/c26-15-17-9-11-20(12-10-17)25(31)29-22(14-18-5-4-8-21(13-18)30(32)33)24-27-16-23(28-24)19-6-2-1-3-7-19/h1-8,13,16-17,20,22H,9-12,14-15,26H2,(H,27,28)(H,29,31)/t17-,20-,22?. The van der Waals surface area contributed by atoms with E-state index in [1.54, 1.807) is 12.1 Å². The number of H-pyrrole nitrogens is 1. The number of aromatic amines is 1. The molecule has 1 atom stereocenters. The van der Waals surface area contributed by atoms with Gasteiger partial charge in [-0.15, -0.1) is 0 Å². The fraction of sp³-hybridized carbons (Fsp3) is 0.360. The third-order valence-electron chi connectivity index (χ3n) is 6.43. The van der Waals surface area contributed by atoms with Crippen LogP contribution in [0.2, 0.25) is 0 Å². The minimum absolute atomic E-state index is 0.00133. The molecule has 1 aliphatic carbocycles. The minimum Gasteiger partial charge on any atom is -0.346 e. The summed E-state index contributed by atoms with van der Waals surface area (Å²) in [5, 5.41) is 14.4. The van der Waals surface area contributed by atoms with Crippen molar-refractivity contribution in [3.05, 3.63) is 82.3 Å². The van der Waals surface area contributed by atoms with Crippen LogP contribution in [0.5, 0.6) is 0 Å². The molecule has 1 amide bonds. The Kier molecular flexibility index (Phi) is 7.14. The van der Waals surface area contributed by atoms with Crippen molar-refractivity contribution in [2.45, 2.75) is 38.1 Å². The molecule has 0 aliphatic heterocycles. The van der Waals surface area contributed by atoms with Crippen LogP contribution in [-0.2, 0) is 11.2 Å². The van der Waals surface area contributed by atoms with E-state index in [0.29, 0.717) is 24.7 Å². The number of nitro groups is 1. The van der Waals surface area contributed by atoms with Gasteiger partial charge in [-0.2, -0.15) is 0 Å². The molecule has 3 aromatic rings. The van der Waals surface area contributed by atoms with Crippen molar-refractivity contribution in [3.8, 4) is 11.3 Å². The smallest absolute Gasteiger partial charge is 0.269 e. The minimum atomic E-state index is -0.427. The summed E-state index contributed by atoms with van der Waals surface area (Å²) in [4.78, 5) is 31.9. The van der Waals surface area contributed by atoms with Crippen molar-refractivity contribution >= 4 is 11.6 Å². The topological polar surface area (TPSA) is 127 Å². The Morgan fingerprint density at radius 1 is 1.15 bits per heavy atom. The maximum absolute atomic E-state index is 13.1. The first-order valence-electron chi connectivity index (χ1n) is 11.4. The average Bonchev–Trinajstić information content (AvgIpc) is 3.35. The van der Waals surface area contributed by atoms with E-state index in [0.717, 1.165) is 42.5 Å². The van der Waals surface area contributed by atoms with E-state index in [1.165, 1.54) is 6.07 Å². The Morgan fingerprint density at radius 2 is 1.91 bits per heavy atom. The first kappa shape index (κ1) is 22.7. The molecule has 0 bridgehead atoms. The Hall–Kier alpha value is -3.52. The van der Waals surface area contributed by atoms with Crippen LogP contribution in [-0.4, -0.2) is 27.3 Å². The Labute approximate surface area is 192 Å². The second kappa shape index (κ2) is 10.4. The zero-order chi connectivity index (χ0) is 23.2. The summed E-state index contributed by atoms with van der Waals surface area (Å²) in [6.45, 7) is 0.665. The molecule has 172 valence electrons. The number of carbonyl (C=O) groups excluding carboxylic acids is 1. The Balaban J connectivity index is 1.56. The third-order valence-corrected chi connectivity index (χ3v) is 6.43. The van der Waals surface area contributed by atoms with E-state index < -0.39 is 11.0 Å². The predicted molar refractivity (Wildman–Crippen MR) is 126 cm³/mol. The number of nitrogens with zero attached hydrogens (tertiary/aromatic N) is 2. The third kappa shape index (κ3) is 5.64. The van der Waals surface area contributed by atoms with Gasteiger partial charge in [0.15, 0.2) is 0 Å². The number of aromatic nitrogens is 2. The molecule has 2 aromatic carbocycles. The van der Waals surface area contributed by atoms with Gasteiger partial charge in [-0.1, -0.05) is 42.5 Å². The van der Waals surface area contributed by atoms with E-state index in [-0.39, 0.29) is 17.5 Å². The van der Waals surface area contributed by atoms with Crippen molar-refractivity contribution in [2.24, 2.45) is 17.6 Å². The van der Waals surface area contributed by atoms with Crippen LogP contribution in [0.1, 0.15) is 43.1 Å². The molecule has 0 saturated heterocycles. The van der Waals surface area contributed by atoms with Crippen LogP contribution in [0, 0.1) is 22.0 Å². The van der Waals surface area contributed by atoms with Crippen molar-refractivity contribution in [1.29, 1.82) is 0 Å². The normalized spacial score (nSPS) is 19.1. The maximum Gasteiger partial charge on any atom is 0.269 e. The van der Waals surface area contributed by atoms with Gasteiger partial charge in [0.1, 0.15) is 5.82 Å². The predicted octanol–water partition coefficient (Wildman–Crippen LogP) is 4.15. The highest BCUT2D eigenvalue weighted by Gasteiger charge is 2.28. The van der Waals surface area contributed by atoms with Gasteiger partial charge in [-0.3, -0.25) is 14.9 Å². The Morgan fingerprint density at radius 3 is 2.61 bits per heavy atom. The van der Waals surface area contributed by atoms with Crippen molar-refractivity contribution in [3.63, 3.8) is 0 Å². The molecule has 0 radical (unpaired) electrons. The average molecular weight is 448 g/mol. The van der Waals surface area contributed by atoms with Crippen LogP contribution >= 0.6 is 0 Å². The summed E-state index contributed by atoms with van der Waals surface area (Å²) in [6.07, 6.45) is 5.79. The van der Waals surface area contributed by atoms with E-state index >= 15 is 0 Å². The number of benzene rings is 2. The molecule has 33 heavy (non-hydrogen) atoms. The number of amides is 1. The number of imidazole rings is 1. The number of hydrogen-bond donors (Lipinski definition) is 3. The summed E-state index contributed by atoms with van der Waals surface area (Å²) in [5.41, 5.74) is 8.34. The van der Waals surface area contributed by atoms with Gasteiger partial charge >= 0.3 is 0 Å². The molecule has 1 heterocycles. The highest BCUT2D eigenvalue weighted by atomic mass is 16.6. The van der Waals surface area contributed by atoms with Crippen LogP contribution in [0.3, 0.4) is 0 Å². The molecule has 1 fully saturated rings. The number of non-ortho nitro benzene ring substituents is 1. The van der Waals surface area contributed by atoms with Gasteiger partial charge in [0.2, 0.25) is 5.91 Å². The van der Waals surface area contributed by atoms with Crippen LogP contribution in [0.4, 0.5) is 5.69 Å². The summed E-state index contributed by atoms with van der Waals surface area (Å²) in [7, 11) is 0. The fourth-order valence-electron chi connectivity index (χ4n) is 4.47. The molecule has 1 aromatic heterocycles. The number of nitrogens with two attached hydrogens (primary N) is 1. The van der Waals surface area contributed by atoms with Crippen LogP contribution in [0.15, 0.2) is 60.8 Å². The maximum atomic E-state index is 13.1. The van der Waals surface area contributed by atoms with Crippen LogP contribution in [0.25, 0.3) is 11.3 Å². The van der Waals surface area contributed by atoms with E-state index in [2.05, 4.69) is 10.3 Å². The summed E-state index contributed by atoms with van der Waals surface area (Å²) >= 11 is 0. The molecule has 0 spiro atoms.